The van der Waals surface area contributed by atoms with Crippen molar-refractivity contribution in [3.05, 3.63) is 0 Å². The van der Waals surface area contributed by atoms with Gasteiger partial charge >= 0.3 is 0 Å². The van der Waals surface area contributed by atoms with Crippen LogP contribution >= 0.6 is 0 Å². The number of carbonyl (C=O) groups excluding carboxylic acids is 1. The first kappa shape index (κ1) is 15.4. The van der Waals surface area contributed by atoms with Crippen LogP contribution in [0.15, 0.2) is 0 Å². The lowest BCUT2D eigenvalue weighted by Crippen LogP contribution is -2.34. The van der Waals surface area contributed by atoms with E-state index < -0.39 is 0 Å². The Balaban J connectivity index is 0.000000293. The first-order valence-corrected chi connectivity index (χ1v) is 5.95. The summed E-state index contributed by atoms with van der Waals surface area (Å²) in [7, 11) is 0. The van der Waals surface area contributed by atoms with Crippen LogP contribution in [0.1, 0.15) is 46.5 Å². The van der Waals surface area contributed by atoms with Gasteiger partial charge in [-0.3, -0.25) is 4.79 Å². The van der Waals surface area contributed by atoms with E-state index in [0.29, 0.717) is 19.1 Å². The molecule has 0 saturated carbocycles. The molecule has 0 bridgehead atoms. The number of aliphatic hydroxyl groups is 1. The predicted molar refractivity (Wildman–Crippen MR) is 64.2 cm³/mol. The molecule has 0 spiro atoms. The molecule has 1 aliphatic rings. The molecule has 96 valence electrons. The van der Waals surface area contributed by atoms with Crippen molar-refractivity contribution in [1.82, 2.24) is 5.32 Å². The van der Waals surface area contributed by atoms with E-state index >= 15 is 0 Å². The van der Waals surface area contributed by atoms with Crippen LogP contribution in [0, 0.1) is 0 Å². The first-order valence-electron chi connectivity index (χ1n) is 5.95. The van der Waals surface area contributed by atoms with E-state index in [1.165, 1.54) is 19.3 Å². The monoisotopic (exact) mass is 231 g/mol. The van der Waals surface area contributed by atoms with Crippen LogP contribution in [0.3, 0.4) is 0 Å². The first-order chi connectivity index (χ1) is 7.49. The lowest BCUT2D eigenvalue weighted by molar-refractivity contribution is -0.138. The second-order valence-electron chi connectivity index (χ2n) is 4.99. The quantitative estimate of drug-likeness (QED) is 0.722. The van der Waals surface area contributed by atoms with Gasteiger partial charge in [-0.15, -0.1) is 0 Å². The Morgan fingerprint density at radius 2 is 2.12 bits per heavy atom. The van der Waals surface area contributed by atoms with Gasteiger partial charge < -0.3 is 15.2 Å². The third kappa shape index (κ3) is 9.93. The molecular formula is C12H25NO3. The van der Waals surface area contributed by atoms with E-state index in [1.54, 1.807) is 0 Å². The van der Waals surface area contributed by atoms with Gasteiger partial charge in [-0.25, -0.2) is 0 Å². The summed E-state index contributed by atoms with van der Waals surface area (Å²) in [5.41, 5.74) is -0.318. The van der Waals surface area contributed by atoms with Gasteiger partial charge in [0.2, 0.25) is 0 Å². The highest BCUT2D eigenvalue weighted by molar-refractivity contribution is 5.37. The van der Waals surface area contributed by atoms with Gasteiger partial charge in [0.15, 0.2) is 0 Å². The number of ether oxygens (including phenoxy) is 1. The Bertz CT molecular complexity index is 169. The maximum absolute atomic E-state index is 9.60. The molecule has 4 heteroatoms. The number of nitrogens with one attached hydrogen (secondary N) is 1. The number of aliphatic hydroxyl groups excluding tert-OH is 1. The molecule has 0 amide bonds. The number of carbonyl (C=O) groups is 1. The number of rotatable bonds is 3. The maximum atomic E-state index is 9.60. The van der Waals surface area contributed by atoms with Crippen LogP contribution in [0.2, 0.25) is 0 Å². The topological polar surface area (TPSA) is 58.6 Å². The van der Waals surface area contributed by atoms with Crippen LogP contribution in [-0.4, -0.2) is 36.4 Å². The molecule has 1 aliphatic heterocycles. The largest absolute Gasteiger partial charge is 0.462 e. The SMILES string of the molecule is CC(C)(C)OC=O.OCCC1CCCCN1. The number of hydrogen-bond acceptors (Lipinski definition) is 4. The summed E-state index contributed by atoms with van der Waals surface area (Å²) in [6, 6.07) is 0.601. The van der Waals surface area contributed by atoms with Crippen molar-refractivity contribution in [3.8, 4) is 0 Å². The van der Waals surface area contributed by atoms with Crippen molar-refractivity contribution >= 4 is 6.47 Å². The van der Waals surface area contributed by atoms with Crippen molar-refractivity contribution in [2.24, 2.45) is 0 Å². The third-order valence-corrected chi connectivity index (χ3v) is 2.29. The Hall–Kier alpha value is -0.610. The van der Waals surface area contributed by atoms with E-state index in [1.807, 2.05) is 20.8 Å². The van der Waals surface area contributed by atoms with Crippen LogP contribution in [0.25, 0.3) is 0 Å². The third-order valence-electron chi connectivity index (χ3n) is 2.29. The van der Waals surface area contributed by atoms with Gasteiger partial charge in [0.05, 0.1) is 0 Å². The minimum atomic E-state index is -0.318. The van der Waals surface area contributed by atoms with Crippen molar-refractivity contribution in [2.75, 3.05) is 13.2 Å². The molecule has 1 fully saturated rings. The zero-order valence-corrected chi connectivity index (χ0v) is 10.7. The van der Waals surface area contributed by atoms with Crippen LogP contribution < -0.4 is 5.32 Å². The van der Waals surface area contributed by atoms with Crippen LogP contribution in [-0.2, 0) is 9.53 Å². The molecule has 0 radical (unpaired) electrons. The Morgan fingerprint density at radius 3 is 2.44 bits per heavy atom. The summed E-state index contributed by atoms with van der Waals surface area (Å²) >= 11 is 0. The fourth-order valence-electron chi connectivity index (χ4n) is 1.47. The molecule has 1 atom stereocenters. The summed E-state index contributed by atoms with van der Waals surface area (Å²) in [5.74, 6) is 0. The van der Waals surface area contributed by atoms with E-state index in [0.717, 1.165) is 13.0 Å². The zero-order valence-electron chi connectivity index (χ0n) is 10.7. The van der Waals surface area contributed by atoms with Crippen molar-refractivity contribution in [1.29, 1.82) is 0 Å². The van der Waals surface area contributed by atoms with Crippen LogP contribution in [0.4, 0.5) is 0 Å². The molecule has 0 aromatic heterocycles. The standard InChI is InChI=1S/C7H15NO.C5H10O2/c9-6-4-7-3-1-2-5-8-7;1-5(2,3)7-4-6/h7-9H,1-6H2;4H,1-3H3. The Kier molecular flexibility index (Phi) is 8.21. The van der Waals surface area contributed by atoms with Gasteiger partial charge in [-0.1, -0.05) is 6.42 Å². The molecule has 2 N–H and O–H groups in total. The molecule has 0 aromatic carbocycles. The predicted octanol–water partition coefficient (Wildman–Crippen LogP) is 1.47. The molecule has 1 saturated heterocycles. The molecule has 16 heavy (non-hydrogen) atoms. The summed E-state index contributed by atoms with van der Waals surface area (Å²) in [5, 5.41) is 11.9. The van der Waals surface area contributed by atoms with Gasteiger partial charge in [-0.05, 0) is 46.6 Å². The summed E-state index contributed by atoms with van der Waals surface area (Å²) in [6.07, 6.45) is 4.82. The van der Waals surface area contributed by atoms with Gasteiger partial charge in [0.25, 0.3) is 6.47 Å². The highest BCUT2D eigenvalue weighted by atomic mass is 16.5. The fourth-order valence-corrected chi connectivity index (χ4v) is 1.47. The van der Waals surface area contributed by atoms with Crippen LogP contribution in [0.5, 0.6) is 0 Å². The summed E-state index contributed by atoms with van der Waals surface area (Å²) < 4.78 is 4.55. The molecule has 0 aliphatic carbocycles. The molecule has 1 rings (SSSR count). The van der Waals surface area contributed by atoms with Crippen molar-refractivity contribution in [3.63, 3.8) is 0 Å². The second-order valence-corrected chi connectivity index (χ2v) is 4.99. The van der Waals surface area contributed by atoms with Crippen molar-refractivity contribution < 1.29 is 14.6 Å². The normalized spacial score (nSPS) is 20.6. The highest BCUT2D eigenvalue weighted by Gasteiger charge is 2.10. The Labute approximate surface area is 98.4 Å². The highest BCUT2D eigenvalue weighted by Crippen LogP contribution is 2.08. The van der Waals surface area contributed by atoms with Gasteiger partial charge in [0, 0.05) is 12.6 Å². The zero-order chi connectivity index (χ0) is 12.4. The molecule has 4 nitrogen and oxygen atoms in total. The van der Waals surface area contributed by atoms with E-state index in [2.05, 4.69) is 10.1 Å². The summed E-state index contributed by atoms with van der Waals surface area (Å²) in [6.45, 7) is 7.40. The minimum absolute atomic E-state index is 0.318. The number of piperidine rings is 1. The number of hydrogen-bond donors (Lipinski definition) is 2. The summed E-state index contributed by atoms with van der Waals surface area (Å²) in [4.78, 5) is 9.60. The molecule has 0 aromatic rings. The lowest BCUT2D eigenvalue weighted by atomic mass is 10.0. The minimum Gasteiger partial charge on any atom is -0.462 e. The average molecular weight is 231 g/mol. The Morgan fingerprint density at radius 1 is 1.44 bits per heavy atom. The smallest absolute Gasteiger partial charge is 0.293 e. The molecule has 1 unspecified atom stereocenters. The molecule has 1 heterocycles. The average Bonchev–Trinajstić information content (AvgIpc) is 2.19. The van der Waals surface area contributed by atoms with Gasteiger partial charge in [-0.2, -0.15) is 0 Å². The van der Waals surface area contributed by atoms with E-state index in [4.69, 9.17) is 5.11 Å². The fraction of sp³-hybridized carbons (Fsp3) is 0.917. The van der Waals surface area contributed by atoms with Gasteiger partial charge in [0.1, 0.15) is 5.60 Å². The second kappa shape index (κ2) is 8.53. The lowest BCUT2D eigenvalue weighted by Gasteiger charge is -2.22. The van der Waals surface area contributed by atoms with Crippen molar-refractivity contribution in [2.45, 2.75) is 58.1 Å². The molecular weight excluding hydrogens is 206 g/mol. The van der Waals surface area contributed by atoms with E-state index in [9.17, 15) is 4.79 Å². The maximum Gasteiger partial charge on any atom is 0.293 e. The van der Waals surface area contributed by atoms with E-state index in [-0.39, 0.29) is 5.60 Å².